The Morgan fingerprint density at radius 1 is 1.18 bits per heavy atom. The highest BCUT2D eigenvalue weighted by Gasteiger charge is 2.17. The molecule has 2 rings (SSSR count). The largest absolute Gasteiger partial charge is 0.486 e. The molecule has 2 aromatic rings. The van der Waals surface area contributed by atoms with Crippen molar-refractivity contribution in [3.8, 4) is 11.5 Å². The van der Waals surface area contributed by atoms with Gasteiger partial charge in [-0.25, -0.2) is 4.39 Å². The Labute approximate surface area is 128 Å². The van der Waals surface area contributed by atoms with E-state index in [1.165, 1.54) is 30.3 Å². The molecule has 0 aliphatic heterocycles. The molecule has 0 heterocycles. The van der Waals surface area contributed by atoms with Crippen LogP contribution in [0, 0.1) is 12.7 Å². The predicted molar refractivity (Wildman–Crippen MR) is 81.1 cm³/mol. The molecule has 0 aromatic heterocycles. The number of ether oxygens (including phenoxy) is 1. The van der Waals surface area contributed by atoms with Gasteiger partial charge in [-0.1, -0.05) is 30.4 Å². The molecule has 22 heavy (non-hydrogen) atoms. The topological polar surface area (TPSA) is 52.6 Å². The lowest BCUT2D eigenvalue weighted by molar-refractivity contribution is 0.340. The van der Waals surface area contributed by atoms with Crippen LogP contribution in [0.3, 0.4) is 0 Å². The highest BCUT2D eigenvalue weighted by atomic mass is 32.2. The van der Waals surface area contributed by atoms with E-state index in [2.05, 4.69) is 6.58 Å². The van der Waals surface area contributed by atoms with Gasteiger partial charge in [-0.05, 0) is 31.2 Å². The molecule has 6 heteroatoms. The third-order valence-corrected chi connectivity index (χ3v) is 4.04. The number of hydrogen-bond donors (Lipinski definition) is 0. The fourth-order valence-corrected chi connectivity index (χ4v) is 2.60. The van der Waals surface area contributed by atoms with Crippen molar-refractivity contribution in [2.24, 2.45) is 0 Å². The minimum Gasteiger partial charge on any atom is -0.486 e. The maximum absolute atomic E-state index is 13.5. The standard InChI is InChI=1S/C16H15FO4S/c1-3-10-20-16-11-13(6-9-15(16)17)21-22(18,19)14-7-4-12(2)5-8-14/h3-9,11H,1,10H2,2H3. The van der Waals surface area contributed by atoms with Crippen LogP contribution in [0.1, 0.15) is 5.56 Å². The minimum absolute atomic E-state index is 0.0241. The lowest BCUT2D eigenvalue weighted by Gasteiger charge is -2.10. The number of aryl methyl sites for hydroxylation is 1. The van der Waals surface area contributed by atoms with Crippen LogP contribution in [0.5, 0.6) is 11.5 Å². The molecule has 0 fully saturated rings. The van der Waals surface area contributed by atoms with Crippen LogP contribution in [0.4, 0.5) is 4.39 Å². The summed E-state index contributed by atoms with van der Waals surface area (Å²) in [6, 6.07) is 9.72. The molecule has 0 aliphatic carbocycles. The Kier molecular flexibility index (Phi) is 4.82. The van der Waals surface area contributed by atoms with Crippen molar-refractivity contribution in [1.29, 1.82) is 0 Å². The van der Waals surface area contributed by atoms with E-state index in [1.54, 1.807) is 12.1 Å². The third kappa shape index (κ3) is 3.85. The van der Waals surface area contributed by atoms with Gasteiger partial charge in [0.15, 0.2) is 11.6 Å². The number of halogens is 1. The van der Waals surface area contributed by atoms with E-state index < -0.39 is 15.9 Å². The van der Waals surface area contributed by atoms with Crippen molar-refractivity contribution < 1.29 is 21.7 Å². The maximum Gasteiger partial charge on any atom is 0.339 e. The van der Waals surface area contributed by atoms with E-state index in [-0.39, 0.29) is 23.0 Å². The zero-order valence-corrected chi connectivity index (χ0v) is 12.8. The molecular formula is C16H15FO4S. The zero-order valence-electron chi connectivity index (χ0n) is 12.0. The summed E-state index contributed by atoms with van der Waals surface area (Å²) in [4.78, 5) is 0.0241. The van der Waals surface area contributed by atoms with Gasteiger partial charge in [0.05, 0.1) is 0 Å². The normalized spacial score (nSPS) is 11.0. The van der Waals surface area contributed by atoms with Gasteiger partial charge in [0.25, 0.3) is 0 Å². The Balaban J connectivity index is 2.25. The average molecular weight is 322 g/mol. The molecule has 2 aromatic carbocycles. The van der Waals surface area contributed by atoms with E-state index in [1.807, 2.05) is 6.92 Å². The van der Waals surface area contributed by atoms with Crippen LogP contribution in [-0.4, -0.2) is 15.0 Å². The van der Waals surface area contributed by atoms with E-state index in [0.717, 1.165) is 11.6 Å². The van der Waals surface area contributed by atoms with Crippen LogP contribution in [0.15, 0.2) is 60.0 Å². The first kappa shape index (κ1) is 16.0. The third-order valence-electron chi connectivity index (χ3n) is 2.77. The Morgan fingerprint density at radius 3 is 2.50 bits per heavy atom. The summed E-state index contributed by atoms with van der Waals surface area (Å²) in [7, 11) is -3.98. The van der Waals surface area contributed by atoms with E-state index >= 15 is 0 Å². The van der Waals surface area contributed by atoms with Gasteiger partial charge in [-0.2, -0.15) is 8.42 Å². The van der Waals surface area contributed by atoms with Crippen LogP contribution in [0.2, 0.25) is 0 Å². The van der Waals surface area contributed by atoms with Crippen molar-refractivity contribution in [2.75, 3.05) is 6.61 Å². The first-order chi connectivity index (χ1) is 10.4. The smallest absolute Gasteiger partial charge is 0.339 e. The first-order valence-electron chi connectivity index (χ1n) is 6.47. The van der Waals surface area contributed by atoms with E-state index in [0.29, 0.717) is 0 Å². The van der Waals surface area contributed by atoms with Crippen molar-refractivity contribution in [1.82, 2.24) is 0 Å². The molecule has 116 valence electrons. The van der Waals surface area contributed by atoms with Gasteiger partial charge in [0.2, 0.25) is 0 Å². The summed E-state index contributed by atoms with van der Waals surface area (Å²) in [6.07, 6.45) is 1.45. The molecule has 0 radical (unpaired) electrons. The molecule has 0 aliphatic rings. The van der Waals surface area contributed by atoms with Gasteiger partial charge in [0, 0.05) is 6.07 Å². The van der Waals surface area contributed by atoms with E-state index in [4.69, 9.17) is 8.92 Å². The molecule has 0 spiro atoms. The summed E-state index contributed by atoms with van der Waals surface area (Å²) in [5.74, 6) is -0.737. The first-order valence-corrected chi connectivity index (χ1v) is 7.87. The second-order valence-corrected chi connectivity index (χ2v) is 6.09. The minimum atomic E-state index is -3.98. The van der Waals surface area contributed by atoms with Crippen LogP contribution in [0.25, 0.3) is 0 Å². The molecule has 0 saturated carbocycles. The number of hydrogen-bond acceptors (Lipinski definition) is 4. The predicted octanol–water partition coefficient (Wildman–Crippen LogP) is 3.47. The Morgan fingerprint density at radius 2 is 1.86 bits per heavy atom. The molecule has 0 atom stereocenters. The fraction of sp³-hybridized carbons (Fsp3) is 0.125. The second-order valence-electron chi connectivity index (χ2n) is 4.54. The fourth-order valence-electron chi connectivity index (χ4n) is 1.67. The van der Waals surface area contributed by atoms with Gasteiger partial charge >= 0.3 is 10.1 Å². The lowest BCUT2D eigenvalue weighted by atomic mass is 10.2. The summed E-state index contributed by atoms with van der Waals surface area (Å²) in [6.45, 7) is 5.41. The molecule has 0 unspecified atom stereocenters. The Hall–Kier alpha value is -2.34. The highest BCUT2D eigenvalue weighted by Crippen LogP contribution is 2.26. The Bertz CT molecular complexity index is 767. The van der Waals surface area contributed by atoms with Gasteiger partial charge in [-0.15, -0.1) is 0 Å². The van der Waals surface area contributed by atoms with Gasteiger partial charge in [-0.3, -0.25) is 0 Å². The SMILES string of the molecule is C=CCOc1cc(OS(=O)(=O)c2ccc(C)cc2)ccc1F. The summed E-state index contributed by atoms with van der Waals surface area (Å²) >= 11 is 0. The quantitative estimate of drug-likeness (QED) is 0.604. The molecule has 0 bridgehead atoms. The van der Waals surface area contributed by atoms with Gasteiger partial charge in [0.1, 0.15) is 17.3 Å². The summed E-state index contributed by atoms with van der Waals surface area (Å²) in [5.41, 5.74) is 0.931. The molecule has 0 amide bonds. The molecule has 0 saturated heterocycles. The van der Waals surface area contributed by atoms with Crippen LogP contribution >= 0.6 is 0 Å². The lowest BCUT2D eigenvalue weighted by Crippen LogP contribution is -2.10. The number of benzene rings is 2. The number of rotatable bonds is 6. The molecular weight excluding hydrogens is 307 g/mol. The van der Waals surface area contributed by atoms with E-state index in [9.17, 15) is 12.8 Å². The monoisotopic (exact) mass is 322 g/mol. The van der Waals surface area contributed by atoms with Crippen molar-refractivity contribution >= 4 is 10.1 Å². The average Bonchev–Trinajstić information content (AvgIpc) is 2.48. The second kappa shape index (κ2) is 6.62. The van der Waals surface area contributed by atoms with Crippen molar-refractivity contribution in [3.63, 3.8) is 0 Å². The van der Waals surface area contributed by atoms with Crippen molar-refractivity contribution in [2.45, 2.75) is 11.8 Å². The highest BCUT2D eigenvalue weighted by molar-refractivity contribution is 7.87. The van der Waals surface area contributed by atoms with Gasteiger partial charge < -0.3 is 8.92 Å². The zero-order chi connectivity index (χ0) is 16.2. The van der Waals surface area contributed by atoms with Crippen molar-refractivity contribution in [3.05, 3.63) is 66.5 Å². The summed E-state index contributed by atoms with van der Waals surface area (Å²) < 4.78 is 47.9. The summed E-state index contributed by atoms with van der Waals surface area (Å²) in [5, 5.41) is 0. The molecule has 0 N–H and O–H groups in total. The van der Waals surface area contributed by atoms with Crippen LogP contribution < -0.4 is 8.92 Å². The maximum atomic E-state index is 13.5. The van der Waals surface area contributed by atoms with Crippen LogP contribution in [-0.2, 0) is 10.1 Å². The molecule has 4 nitrogen and oxygen atoms in total.